The second-order valence-corrected chi connectivity index (χ2v) is 8.30. The van der Waals surface area contributed by atoms with Gasteiger partial charge in [0.2, 0.25) is 15.0 Å². The fourth-order valence-electron chi connectivity index (χ4n) is 2.17. The lowest BCUT2D eigenvalue weighted by atomic mass is 9.96. The Morgan fingerprint density at radius 1 is 1.36 bits per heavy atom. The Morgan fingerprint density at radius 2 is 2.00 bits per heavy atom. The van der Waals surface area contributed by atoms with Crippen molar-refractivity contribution >= 4 is 27.4 Å². The fraction of sp³-hybridized carbons (Fsp3) is 0.375. The Kier molecular flexibility index (Phi) is 6.12. The van der Waals surface area contributed by atoms with Crippen LogP contribution in [0, 0.1) is 0 Å². The molecule has 0 amide bonds. The van der Waals surface area contributed by atoms with E-state index in [0.29, 0.717) is 6.92 Å². The number of imidazole rings is 1. The highest BCUT2D eigenvalue weighted by Crippen LogP contribution is 2.35. The molecule has 1 atom stereocenters. The van der Waals surface area contributed by atoms with E-state index in [0.717, 1.165) is 24.4 Å². The minimum Gasteiger partial charge on any atom is -0.461 e. The van der Waals surface area contributed by atoms with Crippen molar-refractivity contribution in [2.45, 2.75) is 42.1 Å². The molecule has 0 aliphatic rings. The molecule has 2 aromatic rings. The molecule has 7 nitrogen and oxygen atoms in total. The molecule has 12 heteroatoms. The number of aliphatic hydroxyl groups is 1. The zero-order valence-electron chi connectivity index (χ0n) is 14.7. The number of aromatic nitrogens is 2. The highest BCUT2D eigenvalue weighted by Gasteiger charge is 2.49. The van der Waals surface area contributed by atoms with Crippen LogP contribution in [0.25, 0.3) is 0 Å². The largest absolute Gasteiger partial charge is 0.461 e. The summed E-state index contributed by atoms with van der Waals surface area (Å²) in [6, 6.07) is 3.06. The number of nitrogens with one attached hydrogen (secondary N) is 1. The van der Waals surface area contributed by atoms with E-state index in [4.69, 9.17) is 16.3 Å². The van der Waals surface area contributed by atoms with Crippen LogP contribution in [0.15, 0.2) is 34.4 Å². The SMILES string of the molecule is CCOC(=O)c1cnc(S(=O)(=O)c2ccc(CC(C)(O)C(F)(F)F)c(Cl)c2)[nH]1. The predicted molar refractivity (Wildman–Crippen MR) is 91.8 cm³/mol. The Balaban J connectivity index is 2.33. The number of rotatable bonds is 6. The maximum Gasteiger partial charge on any atom is 0.417 e. The van der Waals surface area contributed by atoms with Gasteiger partial charge in [0.05, 0.1) is 17.7 Å². The van der Waals surface area contributed by atoms with Crippen molar-refractivity contribution in [2.75, 3.05) is 6.61 Å². The number of H-pyrrole nitrogens is 1. The quantitative estimate of drug-likeness (QED) is 0.668. The van der Waals surface area contributed by atoms with Gasteiger partial charge in [0.25, 0.3) is 0 Å². The topological polar surface area (TPSA) is 109 Å². The Hall–Kier alpha value is -2.11. The third-order valence-electron chi connectivity index (χ3n) is 3.78. The van der Waals surface area contributed by atoms with Crippen LogP contribution in [0.4, 0.5) is 13.2 Å². The van der Waals surface area contributed by atoms with Gasteiger partial charge in [-0.1, -0.05) is 17.7 Å². The van der Waals surface area contributed by atoms with Crippen LogP contribution < -0.4 is 0 Å². The van der Waals surface area contributed by atoms with Crippen molar-refractivity contribution in [2.24, 2.45) is 0 Å². The van der Waals surface area contributed by atoms with E-state index in [1.165, 1.54) is 0 Å². The molecule has 0 radical (unpaired) electrons. The minimum absolute atomic E-state index is 0.0821. The molecule has 0 aliphatic carbocycles. The van der Waals surface area contributed by atoms with E-state index >= 15 is 0 Å². The second kappa shape index (κ2) is 7.72. The molecule has 0 saturated carbocycles. The summed E-state index contributed by atoms with van der Waals surface area (Å²) in [7, 11) is -4.22. The van der Waals surface area contributed by atoms with Gasteiger partial charge in [-0.2, -0.15) is 13.2 Å². The van der Waals surface area contributed by atoms with Crippen LogP contribution in [0.1, 0.15) is 29.9 Å². The summed E-state index contributed by atoms with van der Waals surface area (Å²) in [6.45, 7) is 2.25. The maximum absolute atomic E-state index is 12.8. The number of halogens is 4. The Bertz CT molecular complexity index is 986. The van der Waals surface area contributed by atoms with Crippen molar-refractivity contribution in [1.82, 2.24) is 9.97 Å². The van der Waals surface area contributed by atoms with Crippen LogP contribution in [0.5, 0.6) is 0 Å². The van der Waals surface area contributed by atoms with Gasteiger partial charge in [-0.05, 0) is 31.5 Å². The third-order valence-corrected chi connectivity index (χ3v) is 5.73. The molecule has 0 spiro atoms. The zero-order valence-corrected chi connectivity index (χ0v) is 16.2. The summed E-state index contributed by atoms with van der Waals surface area (Å²) >= 11 is 5.93. The number of ether oxygens (including phenoxy) is 1. The molecule has 1 unspecified atom stereocenters. The number of benzene rings is 1. The number of esters is 1. The van der Waals surface area contributed by atoms with Gasteiger partial charge < -0.3 is 14.8 Å². The normalized spacial score (nSPS) is 14.5. The molecule has 1 heterocycles. The van der Waals surface area contributed by atoms with E-state index in [1.54, 1.807) is 6.92 Å². The molecule has 28 heavy (non-hydrogen) atoms. The molecular formula is C16H16ClF3N2O5S. The summed E-state index contributed by atoms with van der Waals surface area (Å²) in [5.41, 5.74) is -3.30. The predicted octanol–water partition coefficient (Wildman–Crippen LogP) is 2.93. The molecule has 154 valence electrons. The smallest absolute Gasteiger partial charge is 0.417 e. The number of aromatic amines is 1. The first kappa shape index (κ1) is 22.2. The van der Waals surface area contributed by atoms with Crippen LogP contribution >= 0.6 is 11.6 Å². The van der Waals surface area contributed by atoms with Crippen molar-refractivity contribution in [3.8, 4) is 0 Å². The van der Waals surface area contributed by atoms with Gasteiger partial charge in [-0.3, -0.25) is 0 Å². The lowest BCUT2D eigenvalue weighted by Gasteiger charge is -2.26. The first-order valence-electron chi connectivity index (χ1n) is 7.84. The van der Waals surface area contributed by atoms with Crippen molar-refractivity contribution in [1.29, 1.82) is 0 Å². The Morgan fingerprint density at radius 3 is 2.54 bits per heavy atom. The average molecular weight is 441 g/mol. The number of carbonyl (C=O) groups is 1. The van der Waals surface area contributed by atoms with E-state index in [-0.39, 0.29) is 27.8 Å². The molecule has 0 bridgehead atoms. The van der Waals surface area contributed by atoms with Gasteiger partial charge in [0.1, 0.15) is 5.69 Å². The molecule has 2 N–H and O–H groups in total. The maximum atomic E-state index is 12.8. The summed E-state index contributed by atoms with van der Waals surface area (Å²) < 4.78 is 68.4. The van der Waals surface area contributed by atoms with Gasteiger partial charge in [0.15, 0.2) is 5.60 Å². The lowest BCUT2D eigenvalue weighted by molar-refractivity contribution is -0.252. The van der Waals surface area contributed by atoms with E-state index in [1.807, 2.05) is 0 Å². The van der Waals surface area contributed by atoms with Crippen LogP contribution in [0.2, 0.25) is 5.02 Å². The number of carbonyl (C=O) groups excluding carboxylic acids is 1. The summed E-state index contributed by atoms with van der Waals surface area (Å²) in [6.07, 6.45) is -4.76. The summed E-state index contributed by atoms with van der Waals surface area (Å²) in [5, 5.41) is 8.74. The average Bonchev–Trinajstić information content (AvgIpc) is 3.06. The number of nitrogens with zero attached hydrogens (tertiary/aromatic N) is 1. The molecule has 0 fully saturated rings. The first-order chi connectivity index (χ1) is 12.8. The summed E-state index contributed by atoms with van der Waals surface area (Å²) in [4.78, 5) is 17.2. The molecule has 1 aromatic heterocycles. The molecular weight excluding hydrogens is 425 g/mol. The van der Waals surface area contributed by atoms with Crippen LogP contribution in [-0.2, 0) is 21.0 Å². The number of hydrogen-bond donors (Lipinski definition) is 2. The van der Waals surface area contributed by atoms with Crippen LogP contribution in [0.3, 0.4) is 0 Å². The first-order valence-corrected chi connectivity index (χ1v) is 9.70. The molecule has 2 rings (SSSR count). The molecule has 1 aromatic carbocycles. The van der Waals surface area contributed by atoms with Gasteiger partial charge in [0, 0.05) is 11.4 Å². The molecule has 0 aliphatic heterocycles. The van der Waals surface area contributed by atoms with E-state index < -0.39 is 39.2 Å². The van der Waals surface area contributed by atoms with Crippen molar-refractivity contribution in [3.05, 3.63) is 40.7 Å². The summed E-state index contributed by atoms with van der Waals surface area (Å²) in [5.74, 6) is -0.792. The van der Waals surface area contributed by atoms with Gasteiger partial charge >= 0.3 is 12.1 Å². The fourth-order valence-corrected chi connectivity index (χ4v) is 3.66. The lowest BCUT2D eigenvalue weighted by Crippen LogP contribution is -2.44. The zero-order chi connectivity index (χ0) is 21.3. The number of sulfone groups is 1. The number of hydrogen-bond acceptors (Lipinski definition) is 6. The van der Waals surface area contributed by atoms with Gasteiger partial charge in [-0.15, -0.1) is 0 Å². The highest BCUT2D eigenvalue weighted by atomic mass is 35.5. The van der Waals surface area contributed by atoms with E-state index in [9.17, 15) is 31.5 Å². The van der Waals surface area contributed by atoms with Crippen molar-refractivity contribution in [3.63, 3.8) is 0 Å². The Labute approximate surface area is 163 Å². The minimum atomic E-state index is -4.89. The third kappa shape index (κ3) is 4.47. The van der Waals surface area contributed by atoms with E-state index in [2.05, 4.69) is 9.97 Å². The standard InChI is InChI=1S/C16H16ClF3N2O5S/c1-3-27-13(23)12-8-21-14(22-12)28(25,26)10-5-4-9(11(17)6-10)7-15(2,24)16(18,19)20/h4-6,8,24H,3,7H2,1-2H3,(H,21,22). The van der Waals surface area contributed by atoms with Crippen LogP contribution in [-0.4, -0.2) is 47.8 Å². The number of alkyl halides is 3. The molecule has 0 saturated heterocycles. The monoisotopic (exact) mass is 440 g/mol. The van der Waals surface area contributed by atoms with Crippen molar-refractivity contribution < 1.29 is 36.2 Å². The second-order valence-electron chi connectivity index (χ2n) is 6.03. The highest BCUT2D eigenvalue weighted by molar-refractivity contribution is 7.91. The van der Waals surface area contributed by atoms with Gasteiger partial charge in [-0.25, -0.2) is 18.2 Å².